The van der Waals surface area contributed by atoms with Gasteiger partial charge >= 0.3 is 0 Å². The third kappa shape index (κ3) is 4.28. The molecule has 1 saturated heterocycles. The SMILES string of the molecule is Cc1ccc(NC(=O)CC2CCCCN2S(=O)(=O)c2cccs2)cc1Cl. The number of nitrogens with zero attached hydrogens (tertiary/aromatic N) is 1. The Kier molecular flexibility index (Phi) is 6.02. The van der Waals surface area contributed by atoms with Crippen molar-refractivity contribution in [3.63, 3.8) is 0 Å². The van der Waals surface area contributed by atoms with Crippen molar-refractivity contribution in [2.45, 2.75) is 42.9 Å². The molecule has 2 aromatic rings. The zero-order valence-corrected chi connectivity index (χ0v) is 16.8. The van der Waals surface area contributed by atoms with Crippen LogP contribution in [0.4, 0.5) is 5.69 Å². The largest absolute Gasteiger partial charge is 0.326 e. The normalized spacial score (nSPS) is 18.6. The van der Waals surface area contributed by atoms with Gasteiger partial charge in [-0.05, 0) is 48.9 Å². The molecule has 1 unspecified atom stereocenters. The highest BCUT2D eigenvalue weighted by atomic mass is 35.5. The summed E-state index contributed by atoms with van der Waals surface area (Å²) >= 11 is 7.30. The van der Waals surface area contributed by atoms with Gasteiger partial charge in [-0.1, -0.05) is 30.2 Å². The molecular weight excluding hydrogens is 392 g/mol. The quantitative estimate of drug-likeness (QED) is 0.796. The lowest BCUT2D eigenvalue weighted by Crippen LogP contribution is -2.45. The summed E-state index contributed by atoms with van der Waals surface area (Å²) < 4.78 is 27.6. The molecule has 0 aliphatic carbocycles. The molecule has 140 valence electrons. The second-order valence-electron chi connectivity index (χ2n) is 6.41. The second kappa shape index (κ2) is 8.08. The second-order valence-corrected chi connectivity index (χ2v) is 9.89. The van der Waals surface area contributed by atoms with E-state index >= 15 is 0 Å². The van der Waals surface area contributed by atoms with Gasteiger partial charge in [0.15, 0.2) is 0 Å². The Bertz CT molecular complexity index is 882. The Morgan fingerprint density at radius 3 is 2.85 bits per heavy atom. The van der Waals surface area contributed by atoms with Crippen molar-refractivity contribution in [1.82, 2.24) is 4.31 Å². The van der Waals surface area contributed by atoms with Crippen molar-refractivity contribution < 1.29 is 13.2 Å². The van der Waals surface area contributed by atoms with Crippen LogP contribution in [0.2, 0.25) is 5.02 Å². The molecular formula is C18H21ClN2O3S2. The van der Waals surface area contributed by atoms with E-state index in [1.165, 1.54) is 15.6 Å². The van der Waals surface area contributed by atoms with Gasteiger partial charge in [0.1, 0.15) is 4.21 Å². The minimum atomic E-state index is -3.55. The summed E-state index contributed by atoms with van der Waals surface area (Å²) in [5.41, 5.74) is 1.55. The van der Waals surface area contributed by atoms with Crippen molar-refractivity contribution >= 4 is 44.6 Å². The first kappa shape index (κ1) is 19.4. The average Bonchev–Trinajstić information content (AvgIpc) is 3.14. The van der Waals surface area contributed by atoms with Gasteiger partial charge in [-0.3, -0.25) is 4.79 Å². The van der Waals surface area contributed by atoms with E-state index in [-0.39, 0.29) is 18.4 Å². The summed E-state index contributed by atoms with van der Waals surface area (Å²) in [6.07, 6.45) is 2.56. The van der Waals surface area contributed by atoms with Crippen LogP contribution in [0.1, 0.15) is 31.2 Å². The van der Waals surface area contributed by atoms with Crippen molar-refractivity contribution in [2.75, 3.05) is 11.9 Å². The highest BCUT2D eigenvalue weighted by molar-refractivity contribution is 7.91. The lowest BCUT2D eigenvalue weighted by atomic mass is 10.0. The van der Waals surface area contributed by atoms with E-state index in [1.54, 1.807) is 29.6 Å². The smallest absolute Gasteiger partial charge is 0.252 e. The first-order chi connectivity index (χ1) is 12.4. The zero-order valence-electron chi connectivity index (χ0n) is 14.4. The highest BCUT2D eigenvalue weighted by Gasteiger charge is 2.35. The monoisotopic (exact) mass is 412 g/mol. The molecule has 0 spiro atoms. The van der Waals surface area contributed by atoms with Gasteiger partial charge in [0, 0.05) is 29.7 Å². The van der Waals surface area contributed by atoms with Crippen LogP contribution in [-0.2, 0) is 14.8 Å². The maximum atomic E-state index is 12.9. The van der Waals surface area contributed by atoms with Gasteiger partial charge < -0.3 is 5.32 Å². The summed E-state index contributed by atoms with van der Waals surface area (Å²) in [5, 5.41) is 5.16. The number of rotatable bonds is 5. The van der Waals surface area contributed by atoms with Crippen LogP contribution in [0.3, 0.4) is 0 Å². The summed E-state index contributed by atoms with van der Waals surface area (Å²) in [4.78, 5) is 12.5. The molecule has 8 heteroatoms. The summed E-state index contributed by atoms with van der Waals surface area (Å²) in [6, 6.07) is 8.35. The van der Waals surface area contributed by atoms with Gasteiger partial charge in [0.25, 0.3) is 10.0 Å². The number of hydrogen-bond acceptors (Lipinski definition) is 4. The molecule has 0 saturated carbocycles. The molecule has 1 fully saturated rings. The van der Waals surface area contributed by atoms with Crippen LogP contribution in [0, 0.1) is 6.92 Å². The van der Waals surface area contributed by atoms with Crippen molar-refractivity contribution in [3.05, 3.63) is 46.3 Å². The third-order valence-electron chi connectivity index (χ3n) is 4.51. The molecule has 1 aliphatic rings. The maximum Gasteiger partial charge on any atom is 0.252 e. The van der Waals surface area contributed by atoms with Crippen LogP contribution in [0.5, 0.6) is 0 Å². The van der Waals surface area contributed by atoms with Crippen LogP contribution >= 0.6 is 22.9 Å². The van der Waals surface area contributed by atoms with Gasteiger partial charge in [-0.25, -0.2) is 8.42 Å². The van der Waals surface area contributed by atoms with Crippen molar-refractivity contribution in [3.8, 4) is 0 Å². The van der Waals surface area contributed by atoms with E-state index in [4.69, 9.17) is 11.6 Å². The van der Waals surface area contributed by atoms with E-state index in [1.807, 2.05) is 13.0 Å². The molecule has 1 aromatic heterocycles. The number of thiophene rings is 1. The Balaban J connectivity index is 1.72. The number of aryl methyl sites for hydroxylation is 1. The number of hydrogen-bond donors (Lipinski definition) is 1. The molecule has 3 rings (SSSR count). The molecule has 5 nitrogen and oxygen atoms in total. The zero-order chi connectivity index (χ0) is 18.7. The minimum Gasteiger partial charge on any atom is -0.326 e. The predicted octanol–water partition coefficient (Wildman–Crippen LogP) is 4.28. The van der Waals surface area contributed by atoms with Crippen LogP contribution in [-0.4, -0.2) is 31.2 Å². The summed E-state index contributed by atoms with van der Waals surface area (Å²) in [7, 11) is -3.55. The number of carbonyl (C=O) groups is 1. The average molecular weight is 413 g/mol. The molecule has 1 aromatic carbocycles. The molecule has 1 atom stereocenters. The van der Waals surface area contributed by atoms with Gasteiger partial charge in [-0.15, -0.1) is 11.3 Å². The minimum absolute atomic E-state index is 0.135. The lowest BCUT2D eigenvalue weighted by Gasteiger charge is -2.34. The number of amides is 1. The number of anilines is 1. The van der Waals surface area contributed by atoms with Gasteiger partial charge in [-0.2, -0.15) is 4.31 Å². The maximum absolute atomic E-state index is 12.9. The highest BCUT2D eigenvalue weighted by Crippen LogP contribution is 2.29. The summed E-state index contributed by atoms with van der Waals surface area (Å²) in [5.74, 6) is -0.205. The first-order valence-corrected chi connectivity index (χ1v) is 11.2. The number of carbonyl (C=O) groups excluding carboxylic acids is 1. The molecule has 2 heterocycles. The number of halogens is 1. The topological polar surface area (TPSA) is 66.5 Å². The Hall–Kier alpha value is -1.41. The molecule has 1 aliphatic heterocycles. The Morgan fingerprint density at radius 1 is 1.35 bits per heavy atom. The number of sulfonamides is 1. The molecule has 26 heavy (non-hydrogen) atoms. The van der Waals surface area contributed by atoms with Crippen molar-refractivity contribution in [2.24, 2.45) is 0 Å². The molecule has 0 radical (unpaired) electrons. The first-order valence-electron chi connectivity index (χ1n) is 8.49. The number of benzene rings is 1. The fourth-order valence-electron chi connectivity index (χ4n) is 3.12. The van der Waals surface area contributed by atoms with Crippen molar-refractivity contribution in [1.29, 1.82) is 0 Å². The lowest BCUT2D eigenvalue weighted by molar-refractivity contribution is -0.117. The molecule has 0 bridgehead atoms. The summed E-state index contributed by atoms with van der Waals surface area (Å²) in [6.45, 7) is 2.35. The van der Waals surface area contributed by atoms with E-state index in [2.05, 4.69) is 5.32 Å². The molecule has 1 amide bonds. The predicted molar refractivity (Wildman–Crippen MR) is 105 cm³/mol. The molecule has 1 N–H and O–H groups in total. The fraction of sp³-hybridized carbons (Fsp3) is 0.389. The number of nitrogens with one attached hydrogen (secondary N) is 1. The number of piperidine rings is 1. The van der Waals surface area contributed by atoms with Crippen LogP contribution in [0.15, 0.2) is 39.9 Å². The van der Waals surface area contributed by atoms with Gasteiger partial charge in [0.2, 0.25) is 5.91 Å². The van der Waals surface area contributed by atoms with E-state index < -0.39 is 10.0 Å². The van der Waals surface area contributed by atoms with Crippen LogP contribution < -0.4 is 5.32 Å². The van der Waals surface area contributed by atoms with Crippen LogP contribution in [0.25, 0.3) is 0 Å². The van der Waals surface area contributed by atoms with E-state index in [9.17, 15) is 13.2 Å². The fourth-order valence-corrected chi connectivity index (χ4v) is 6.11. The van der Waals surface area contributed by atoms with E-state index in [0.717, 1.165) is 18.4 Å². The third-order valence-corrected chi connectivity index (χ3v) is 8.24. The van der Waals surface area contributed by atoms with Gasteiger partial charge in [0.05, 0.1) is 0 Å². The Morgan fingerprint density at radius 2 is 2.15 bits per heavy atom. The Labute approximate surface area is 163 Å². The van der Waals surface area contributed by atoms with E-state index in [0.29, 0.717) is 27.9 Å². The standard InChI is InChI=1S/C18H21ClN2O3S2/c1-13-7-8-14(11-16(13)19)20-17(22)12-15-5-2-3-9-21(15)26(23,24)18-6-4-10-25-18/h4,6-8,10-11,15H,2-3,5,9,12H2,1H3,(H,20,22).